The number of anilines is 1. The summed E-state index contributed by atoms with van der Waals surface area (Å²) in [6.07, 6.45) is 3.41. The SMILES string of the molecule is C=C1CC[C@@H]2[C@](C)(CO)[C@H](O)CC[C@@]2(C)[C@@H]1CC1[C@@]2(C(=O)OC[C@@H]2O)C2CCCN2[C@]12C(=O)Nc1ccc(I)cc12. The van der Waals surface area contributed by atoms with Crippen molar-refractivity contribution in [3.05, 3.63) is 39.5 Å². The van der Waals surface area contributed by atoms with Gasteiger partial charge < -0.3 is 25.4 Å². The third kappa shape index (κ3) is 3.30. The Morgan fingerprint density at radius 3 is 2.66 bits per heavy atom. The highest BCUT2D eigenvalue weighted by Gasteiger charge is 2.79. The molecule has 3 saturated heterocycles. The predicted molar refractivity (Wildman–Crippen MR) is 161 cm³/mol. The van der Waals surface area contributed by atoms with Gasteiger partial charge in [-0.1, -0.05) is 26.0 Å². The van der Waals surface area contributed by atoms with Gasteiger partial charge in [-0.15, -0.1) is 0 Å². The Balaban J connectivity index is 1.43. The molecule has 222 valence electrons. The molecule has 9 heteroatoms. The minimum Gasteiger partial charge on any atom is -0.462 e. The summed E-state index contributed by atoms with van der Waals surface area (Å²) >= 11 is 2.28. The monoisotopic (exact) mass is 676 g/mol. The van der Waals surface area contributed by atoms with Crippen LogP contribution in [0, 0.1) is 37.6 Å². The zero-order chi connectivity index (χ0) is 29.1. The molecule has 0 aromatic heterocycles. The summed E-state index contributed by atoms with van der Waals surface area (Å²) in [6.45, 7) is 9.34. The van der Waals surface area contributed by atoms with Crippen molar-refractivity contribution in [3.63, 3.8) is 0 Å². The number of aliphatic hydroxyl groups excluding tert-OH is 3. The van der Waals surface area contributed by atoms with Crippen molar-refractivity contribution in [2.75, 3.05) is 25.1 Å². The third-order valence-electron chi connectivity index (χ3n) is 12.8. The number of ether oxygens (including phenoxy) is 1. The van der Waals surface area contributed by atoms with Crippen molar-refractivity contribution >= 4 is 40.2 Å². The number of fused-ring (bicyclic) bond motifs is 6. The zero-order valence-electron chi connectivity index (χ0n) is 23.9. The number of nitrogens with zero attached hydrogens (tertiary/aromatic N) is 1. The second-order valence-corrected chi connectivity index (χ2v) is 15.4. The van der Waals surface area contributed by atoms with E-state index < -0.39 is 40.5 Å². The fraction of sp³-hybridized carbons (Fsp3) is 0.688. The quantitative estimate of drug-likeness (QED) is 0.220. The summed E-state index contributed by atoms with van der Waals surface area (Å²) < 4.78 is 6.68. The second kappa shape index (κ2) is 9.24. The smallest absolute Gasteiger partial charge is 0.316 e. The number of aliphatic hydroxyl groups is 3. The summed E-state index contributed by atoms with van der Waals surface area (Å²) in [4.78, 5) is 30.7. The van der Waals surface area contributed by atoms with Gasteiger partial charge in [0.05, 0.1) is 12.7 Å². The number of carbonyl (C=O) groups is 2. The average Bonchev–Trinajstić information content (AvgIpc) is 3.66. The molecule has 10 atom stereocenters. The van der Waals surface area contributed by atoms with E-state index in [9.17, 15) is 24.9 Å². The van der Waals surface area contributed by atoms with Gasteiger partial charge >= 0.3 is 5.97 Å². The number of carbonyl (C=O) groups excluding carboxylic acids is 2. The Morgan fingerprint density at radius 1 is 1.17 bits per heavy atom. The summed E-state index contributed by atoms with van der Waals surface area (Å²) in [7, 11) is 0. The largest absolute Gasteiger partial charge is 0.462 e. The molecule has 4 heterocycles. The average molecular weight is 677 g/mol. The summed E-state index contributed by atoms with van der Waals surface area (Å²) in [5, 5.41) is 36.5. The predicted octanol–water partition coefficient (Wildman–Crippen LogP) is 3.57. The number of halogens is 1. The molecule has 0 bridgehead atoms. The Morgan fingerprint density at radius 2 is 1.95 bits per heavy atom. The highest BCUT2D eigenvalue weighted by molar-refractivity contribution is 14.1. The highest BCUT2D eigenvalue weighted by Crippen LogP contribution is 2.70. The van der Waals surface area contributed by atoms with Gasteiger partial charge in [0, 0.05) is 32.2 Å². The van der Waals surface area contributed by atoms with Crippen LogP contribution in [-0.2, 0) is 19.9 Å². The molecule has 1 aromatic rings. The van der Waals surface area contributed by atoms with Crippen molar-refractivity contribution in [2.45, 2.75) is 82.6 Å². The fourth-order valence-electron chi connectivity index (χ4n) is 10.9. The van der Waals surface area contributed by atoms with Gasteiger partial charge in [-0.2, -0.15) is 0 Å². The van der Waals surface area contributed by atoms with E-state index in [2.05, 4.69) is 52.4 Å². The van der Waals surface area contributed by atoms with Crippen molar-refractivity contribution in [1.29, 1.82) is 0 Å². The van der Waals surface area contributed by atoms with Crippen LogP contribution < -0.4 is 5.32 Å². The second-order valence-electron chi connectivity index (χ2n) is 14.1. The normalized spacial score (nSPS) is 47.0. The molecule has 4 aliphatic heterocycles. The molecule has 5 fully saturated rings. The molecule has 0 radical (unpaired) electrons. The van der Waals surface area contributed by atoms with E-state index in [0.29, 0.717) is 19.4 Å². The third-order valence-corrected chi connectivity index (χ3v) is 13.4. The van der Waals surface area contributed by atoms with Gasteiger partial charge in [-0.05, 0) is 110 Å². The van der Waals surface area contributed by atoms with Crippen LogP contribution in [0.2, 0.25) is 0 Å². The number of hydrogen-bond donors (Lipinski definition) is 4. The van der Waals surface area contributed by atoms with Crippen LogP contribution in [0.4, 0.5) is 5.69 Å². The maximum atomic E-state index is 14.5. The Bertz CT molecular complexity index is 1340. The van der Waals surface area contributed by atoms with E-state index in [0.717, 1.165) is 52.5 Å². The van der Waals surface area contributed by atoms with E-state index in [1.54, 1.807) is 0 Å². The number of amides is 1. The molecule has 6 aliphatic rings. The highest BCUT2D eigenvalue weighted by atomic mass is 127. The van der Waals surface area contributed by atoms with E-state index in [1.807, 2.05) is 19.1 Å². The lowest BCUT2D eigenvalue weighted by molar-refractivity contribution is -0.161. The summed E-state index contributed by atoms with van der Waals surface area (Å²) in [5.41, 5.74) is -0.523. The first-order valence-electron chi connectivity index (χ1n) is 15.2. The minimum absolute atomic E-state index is 0.0541. The van der Waals surface area contributed by atoms with Crippen molar-refractivity contribution in [1.82, 2.24) is 4.90 Å². The number of cyclic esters (lactones) is 1. The molecule has 2 saturated carbocycles. The molecule has 2 unspecified atom stereocenters. The zero-order valence-corrected chi connectivity index (χ0v) is 26.0. The topological polar surface area (TPSA) is 119 Å². The number of nitrogens with one attached hydrogen (secondary N) is 1. The van der Waals surface area contributed by atoms with Gasteiger partial charge in [0.1, 0.15) is 23.7 Å². The van der Waals surface area contributed by atoms with Crippen molar-refractivity contribution in [2.24, 2.45) is 34.0 Å². The van der Waals surface area contributed by atoms with E-state index in [4.69, 9.17) is 4.74 Å². The molecule has 2 aliphatic carbocycles. The summed E-state index contributed by atoms with van der Waals surface area (Å²) in [5.74, 6) is -1.05. The molecule has 1 aromatic carbocycles. The molecule has 2 spiro atoms. The molecule has 1 amide bonds. The van der Waals surface area contributed by atoms with Gasteiger partial charge in [0.15, 0.2) is 0 Å². The molecule has 8 nitrogen and oxygen atoms in total. The summed E-state index contributed by atoms with van der Waals surface area (Å²) in [6, 6.07) is 5.70. The molecule has 4 N–H and O–H groups in total. The minimum atomic E-state index is -1.23. The van der Waals surface area contributed by atoms with Gasteiger partial charge in [-0.25, -0.2) is 0 Å². The number of benzene rings is 1. The number of allylic oxidation sites excluding steroid dienone is 1. The van der Waals surface area contributed by atoms with Gasteiger partial charge in [0.25, 0.3) is 0 Å². The Kier molecular flexibility index (Phi) is 6.36. The lowest BCUT2D eigenvalue weighted by Crippen LogP contribution is -2.59. The Hall–Kier alpha value is -1.53. The van der Waals surface area contributed by atoms with Crippen LogP contribution in [0.15, 0.2) is 30.4 Å². The number of esters is 1. The Labute approximate surface area is 255 Å². The first-order valence-corrected chi connectivity index (χ1v) is 16.2. The van der Waals surface area contributed by atoms with Crippen LogP contribution in [0.25, 0.3) is 0 Å². The first-order chi connectivity index (χ1) is 19.5. The van der Waals surface area contributed by atoms with Gasteiger partial charge in [-0.3, -0.25) is 14.5 Å². The van der Waals surface area contributed by atoms with Crippen molar-refractivity contribution in [3.8, 4) is 0 Å². The van der Waals surface area contributed by atoms with Crippen LogP contribution in [-0.4, -0.2) is 70.1 Å². The van der Waals surface area contributed by atoms with Crippen molar-refractivity contribution < 1.29 is 29.6 Å². The lowest BCUT2D eigenvalue weighted by atomic mass is 9.44. The lowest BCUT2D eigenvalue weighted by Gasteiger charge is -2.60. The molecule has 7 rings (SSSR count). The number of hydrogen-bond acceptors (Lipinski definition) is 7. The first kappa shape index (κ1) is 28.3. The van der Waals surface area contributed by atoms with Crippen LogP contribution in [0.5, 0.6) is 0 Å². The van der Waals surface area contributed by atoms with E-state index in [1.165, 1.54) is 0 Å². The van der Waals surface area contributed by atoms with E-state index in [-0.39, 0.29) is 42.4 Å². The van der Waals surface area contributed by atoms with Crippen LogP contribution in [0.1, 0.15) is 64.4 Å². The standard InChI is InChI=1S/C32H41IN2O6/c1-17-6-9-22-29(2,11-10-25(37)30(22,3)16-36)19(17)14-23-31(26(38)15-41-28(31)40)24-5-4-12-35(24)32(23)20-13-18(33)7-8-21(20)34-27(32)39/h7-8,13,19,22-26,36-38H,1,4-6,9-12,14-16H2,2-3H3,(H,34,39)/t19-,22+,23?,24?,25-,26+,29+,30+,31-,32+/m1/s1. The fourth-order valence-corrected chi connectivity index (χ4v) is 11.4. The van der Waals surface area contributed by atoms with Crippen LogP contribution in [0.3, 0.4) is 0 Å². The van der Waals surface area contributed by atoms with Crippen LogP contribution >= 0.6 is 22.6 Å². The van der Waals surface area contributed by atoms with E-state index >= 15 is 0 Å². The maximum Gasteiger partial charge on any atom is 0.316 e. The molecule has 41 heavy (non-hydrogen) atoms. The van der Waals surface area contributed by atoms with Gasteiger partial charge in [0.2, 0.25) is 5.91 Å². The molecular formula is C32H41IN2O6. The maximum absolute atomic E-state index is 14.5. The number of rotatable bonds is 3. The molecular weight excluding hydrogens is 635 g/mol.